The van der Waals surface area contributed by atoms with E-state index in [2.05, 4.69) is 111 Å². The van der Waals surface area contributed by atoms with Gasteiger partial charge in [-0.2, -0.15) is 0 Å². The minimum atomic E-state index is -0.811. The van der Waals surface area contributed by atoms with E-state index in [0.717, 1.165) is 77.0 Å². The highest BCUT2D eigenvalue weighted by atomic mass is 16.5. The normalized spacial score (nSPS) is 14.1. The van der Waals surface area contributed by atoms with E-state index in [4.69, 9.17) is 4.74 Å². The number of hydrogen-bond acceptors (Lipinski definition) is 5. The highest BCUT2D eigenvalue weighted by Gasteiger charge is 2.23. The van der Waals surface area contributed by atoms with Crippen molar-refractivity contribution >= 4 is 11.9 Å². The average molecular weight is 822 g/mol. The SMILES string of the molecule is CC/C=C\C/C=C\C/C=C\C/C=C\C/C=C\CCCC(=O)OC(CCC/C=C/C=C/CCCCCCCCC)CC(=O)NC(CO)C(O)CCCCCCCCCCC. The first-order chi connectivity index (χ1) is 29.0. The first-order valence-corrected chi connectivity index (χ1v) is 24.3. The Balaban J connectivity index is 4.77. The zero-order valence-electron chi connectivity index (χ0n) is 38.4. The second kappa shape index (κ2) is 46.1. The fraction of sp³-hybridized carbons (Fsp3) is 0.698. The fourth-order valence-electron chi connectivity index (χ4n) is 6.81. The van der Waals surface area contributed by atoms with E-state index < -0.39 is 18.2 Å². The van der Waals surface area contributed by atoms with Crippen LogP contribution in [0, 0.1) is 0 Å². The smallest absolute Gasteiger partial charge is 0.306 e. The van der Waals surface area contributed by atoms with Gasteiger partial charge in [0.15, 0.2) is 0 Å². The van der Waals surface area contributed by atoms with Crippen LogP contribution in [0.2, 0.25) is 0 Å². The third kappa shape index (κ3) is 41.6. The maximum absolute atomic E-state index is 13.1. The van der Waals surface area contributed by atoms with Crippen LogP contribution in [0.25, 0.3) is 0 Å². The van der Waals surface area contributed by atoms with E-state index in [-0.39, 0.29) is 24.9 Å². The van der Waals surface area contributed by atoms with Crippen molar-refractivity contribution in [2.75, 3.05) is 6.61 Å². The third-order valence-electron chi connectivity index (χ3n) is 10.5. The summed E-state index contributed by atoms with van der Waals surface area (Å²) in [5, 5.41) is 23.6. The third-order valence-corrected chi connectivity index (χ3v) is 10.5. The second-order valence-corrected chi connectivity index (χ2v) is 16.2. The Hall–Kier alpha value is -2.96. The molecule has 0 radical (unpaired) electrons. The van der Waals surface area contributed by atoms with Crippen LogP contribution in [-0.4, -0.2) is 46.9 Å². The van der Waals surface area contributed by atoms with E-state index in [1.807, 2.05) is 0 Å². The highest BCUT2D eigenvalue weighted by molar-refractivity contribution is 5.77. The molecule has 338 valence electrons. The number of amides is 1. The first kappa shape index (κ1) is 56.0. The molecule has 0 aliphatic rings. The average Bonchev–Trinajstić information content (AvgIpc) is 3.23. The number of carbonyl (C=O) groups is 2. The quantitative estimate of drug-likeness (QED) is 0.0247. The van der Waals surface area contributed by atoms with Gasteiger partial charge < -0.3 is 20.3 Å². The van der Waals surface area contributed by atoms with E-state index in [1.165, 1.54) is 83.5 Å². The van der Waals surface area contributed by atoms with Crippen LogP contribution in [0.4, 0.5) is 0 Å². The molecule has 0 aromatic rings. The lowest BCUT2D eigenvalue weighted by molar-refractivity contribution is -0.151. The summed E-state index contributed by atoms with van der Waals surface area (Å²) in [4.78, 5) is 26.0. The van der Waals surface area contributed by atoms with Crippen LogP contribution in [-0.2, 0) is 14.3 Å². The molecule has 0 aliphatic heterocycles. The topological polar surface area (TPSA) is 95.9 Å². The van der Waals surface area contributed by atoms with Gasteiger partial charge in [0.1, 0.15) is 6.10 Å². The van der Waals surface area contributed by atoms with E-state index in [1.54, 1.807) is 0 Å². The first-order valence-electron chi connectivity index (χ1n) is 24.3. The molecule has 0 aliphatic carbocycles. The van der Waals surface area contributed by atoms with Crippen molar-refractivity contribution in [1.82, 2.24) is 5.32 Å². The molecule has 1 amide bonds. The van der Waals surface area contributed by atoms with Crippen molar-refractivity contribution in [2.45, 2.75) is 232 Å². The van der Waals surface area contributed by atoms with Gasteiger partial charge in [-0.05, 0) is 83.5 Å². The van der Waals surface area contributed by atoms with Crippen molar-refractivity contribution in [3.8, 4) is 0 Å². The summed E-state index contributed by atoms with van der Waals surface area (Å²) in [6.45, 7) is 6.30. The molecule has 6 heteroatoms. The number of hydrogen-bond donors (Lipinski definition) is 3. The molecule has 59 heavy (non-hydrogen) atoms. The van der Waals surface area contributed by atoms with Gasteiger partial charge in [-0.3, -0.25) is 9.59 Å². The molecule has 0 fully saturated rings. The summed E-state index contributed by atoms with van der Waals surface area (Å²) in [7, 11) is 0. The van der Waals surface area contributed by atoms with Crippen molar-refractivity contribution in [2.24, 2.45) is 0 Å². The van der Waals surface area contributed by atoms with Crippen LogP contribution in [0.15, 0.2) is 85.1 Å². The molecular formula is C53H91NO5. The van der Waals surface area contributed by atoms with E-state index in [9.17, 15) is 19.8 Å². The molecule has 0 saturated carbocycles. The molecular weight excluding hydrogens is 731 g/mol. The van der Waals surface area contributed by atoms with Crippen molar-refractivity contribution in [3.05, 3.63) is 85.1 Å². The molecule has 0 heterocycles. The van der Waals surface area contributed by atoms with Gasteiger partial charge in [0.05, 0.1) is 25.2 Å². The van der Waals surface area contributed by atoms with E-state index in [0.29, 0.717) is 25.7 Å². The van der Waals surface area contributed by atoms with Crippen LogP contribution in [0.3, 0.4) is 0 Å². The number of ether oxygens (including phenoxy) is 1. The molecule has 3 unspecified atom stereocenters. The number of nitrogens with one attached hydrogen (secondary N) is 1. The molecule has 0 aromatic carbocycles. The Labute approximate surface area is 363 Å². The minimum Gasteiger partial charge on any atom is -0.462 e. The largest absolute Gasteiger partial charge is 0.462 e. The summed E-state index contributed by atoms with van der Waals surface area (Å²) in [6.07, 6.45) is 59.4. The Bertz CT molecular complexity index is 1150. The van der Waals surface area contributed by atoms with Gasteiger partial charge >= 0.3 is 5.97 Å². The summed E-state index contributed by atoms with van der Waals surface area (Å²) in [5.74, 6) is -0.598. The number of unbranched alkanes of at least 4 members (excludes halogenated alkanes) is 17. The molecule has 0 aromatic heterocycles. The number of carbonyl (C=O) groups excluding carboxylic acids is 2. The predicted molar refractivity (Wildman–Crippen MR) is 254 cm³/mol. The van der Waals surface area contributed by atoms with Crippen LogP contribution < -0.4 is 5.32 Å². The molecule has 6 nitrogen and oxygen atoms in total. The predicted octanol–water partition coefficient (Wildman–Crippen LogP) is 14.4. The van der Waals surface area contributed by atoms with Crippen LogP contribution in [0.5, 0.6) is 0 Å². The van der Waals surface area contributed by atoms with Gasteiger partial charge in [0.25, 0.3) is 0 Å². The van der Waals surface area contributed by atoms with Crippen LogP contribution >= 0.6 is 0 Å². The molecule has 0 bridgehead atoms. The zero-order valence-corrected chi connectivity index (χ0v) is 38.4. The Morgan fingerprint density at radius 1 is 0.525 bits per heavy atom. The summed E-state index contributed by atoms with van der Waals surface area (Å²) in [6, 6.07) is -0.729. The Morgan fingerprint density at radius 2 is 0.983 bits per heavy atom. The Morgan fingerprint density at radius 3 is 1.51 bits per heavy atom. The molecule has 0 rings (SSSR count). The summed E-state index contributed by atoms with van der Waals surface area (Å²) < 4.78 is 5.86. The fourth-order valence-corrected chi connectivity index (χ4v) is 6.81. The lowest BCUT2D eigenvalue weighted by Gasteiger charge is -2.24. The van der Waals surface area contributed by atoms with Gasteiger partial charge in [-0.1, -0.05) is 202 Å². The number of allylic oxidation sites excluding steroid dienone is 14. The standard InChI is InChI=1S/C53H91NO5/c1-4-7-10-13-16-19-21-23-25-26-27-29-31-34-37-40-43-46-53(58)59-49(44-41-38-35-33-30-28-24-22-20-17-14-11-8-5-2)47-52(57)54-50(48-55)51(56)45-42-39-36-32-18-15-12-9-6-3/h7,10,16,19,23,25,27-30,33-35,37,49-51,55-56H,4-6,8-9,11-15,17-18,20-22,24,26,31-32,36,38-48H2,1-3H3,(H,54,57)/b10-7-,19-16-,25-23-,29-27-,30-28+,35-33+,37-34-. The number of aliphatic hydroxyl groups excluding tert-OH is 2. The molecule has 3 atom stereocenters. The highest BCUT2D eigenvalue weighted by Crippen LogP contribution is 2.16. The molecule has 0 saturated heterocycles. The van der Waals surface area contributed by atoms with Crippen molar-refractivity contribution in [3.63, 3.8) is 0 Å². The monoisotopic (exact) mass is 822 g/mol. The minimum absolute atomic E-state index is 0.0177. The number of aliphatic hydroxyl groups is 2. The van der Waals surface area contributed by atoms with Gasteiger partial charge in [-0.15, -0.1) is 0 Å². The lowest BCUT2D eigenvalue weighted by Crippen LogP contribution is -2.46. The van der Waals surface area contributed by atoms with Crippen LogP contribution in [0.1, 0.15) is 213 Å². The van der Waals surface area contributed by atoms with Gasteiger partial charge in [0.2, 0.25) is 5.91 Å². The van der Waals surface area contributed by atoms with Gasteiger partial charge in [0, 0.05) is 6.42 Å². The zero-order chi connectivity index (χ0) is 43.1. The lowest BCUT2D eigenvalue weighted by atomic mass is 10.0. The van der Waals surface area contributed by atoms with Crippen molar-refractivity contribution in [1.29, 1.82) is 0 Å². The molecule has 0 spiro atoms. The summed E-state index contributed by atoms with van der Waals surface area (Å²) >= 11 is 0. The number of esters is 1. The second-order valence-electron chi connectivity index (χ2n) is 16.2. The maximum Gasteiger partial charge on any atom is 0.306 e. The summed E-state index contributed by atoms with van der Waals surface area (Å²) in [5.41, 5.74) is 0. The maximum atomic E-state index is 13.1. The molecule has 3 N–H and O–H groups in total. The number of rotatable bonds is 42. The van der Waals surface area contributed by atoms with E-state index >= 15 is 0 Å². The Kier molecular flexibility index (Phi) is 43.8. The van der Waals surface area contributed by atoms with Crippen molar-refractivity contribution < 1.29 is 24.5 Å². The van der Waals surface area contributed by atoms with Gasteiger partial charge in [-0.25, -0.2) is 0 Å².